The quantitative estimate of drug-likeness (QED) is 0.806. The molecule has 2 aromatic carbocycles. The first-order valence-corrected chi connectivity index (χ1v) is 10.4. The summed E-state index contributed by atoms with van der Waals surface area (Å²) in [6.07, 6.45) is 0.309. The van der Waals surface area contributed by atoms with Crippen molar-refractivity contribution in [3.63, 3.8) is 0 Å². The lowest BCUT2D eigenvalue weighted by Crippen LogP contribution is -2.50. The maximum Gasteiger partial charge on any atom is 0.228 e. The molecule has 2 aliphatic heterocycles. The molecule has 29 heavy (non-hydrogen) atoms. The predicted molar refractivity (Wildman–Crippen MR) is 116 cm³/mol. The highest BCUT2D eigenvalue weighted by Gasteiger charge is 2.38. The minimum atomic E-state index is -0.241. The van der Waals surface area contributed by atoms with Crippen LogP contribution in [0.15, 0.2) is 42.5 Å². The fourth-order valence-corrected chi connectivity index (χ4v) is 4.28. The van der Waals surface area contributed by atoms with Gasteiger partial charge >= 0.3 is 0 Å². The van der Waals surface area contributed by atoms with Crippen LogP contribution in [0.1, 0.15) is 23.1 Å². The van der Waals surface area contributed by atoms with Gasteiger partial charge in [-0.05, 0) is 61.7 Å². The van der Waals surface area contributed by atoms with Gasteiger partial charge in [-0.15, -0.1) is 0 Å². The Morgan fingerprint density at radius 3 is 2.34 bits per heavy atom. The van der Waals surface area contributed by atoms with Crippen LogP contribution in [-0.2, 0) is 9.59 Å². The summed E-state index contributed by atoms with van der Waals surface area (Å²) in [7, 11) is 0. The molecule has 4 rings (SSSR count). The first-order chi connectivity index (χ1) is 13.9. The number of nitrogens with zero attached hydrogens (tertiary/aromatic N) is 3. The second-order valence-electron chi connectivity index (χ2n) is 8.33. The van der Waals surface area contributed by atoms with Gasteiger partial charge in [0, 0.05) is 50.5 Å². The highest BCUT2D eigenvalue weighted by atomic mass is 16.2. The van der Waals surface area contributed by atoms with E-state index in [9.17, 15) is 9.59 Å². The van der Waals surface area contributed by atoms with Crippen molar-refractivity contribution in [1.29, 1.82) is 0 Å². The molecule has 2 heterocycles. The minimum absolute atomic E-state index is 0.0463. The summed E-state index contributed by atoms with van der Waals surface area (Å²) in [4.78, 5) is 31.7. The van der Waals surface area contributed by atoms with E-state index in [1.165, 1.54) is 16.8 Å². The van der Waals surface area contributed by atoms with Crippen LogP contribution in [0.2, 0.25) is 0 Å². The van der Waals surface area contributed by atoms with Crippen LogP contribution in [-0.4, -0.2) is 49.4 Å². The van der Waals surface area contributed by atoms with Gasteiger partial charge in [-0.3, -0.25) is 9.59 Å². The van der Waals surface area contributed by atoms with Crippen LogP contribution in [0.5, 0.6) is 0 Å². The Kier molecular flexibility index (Phi) is 5.31. The normalized spacial score (nSPS) is 19.8. The van der Waals surface area contributed by atoms with E-state index in [0.29, 0.717) is 26.1 Å². The lowest BCUT2D eigenvalue weighted by Gasteiger charge is -2.37. The molecule has 2 saturated heterocycles. The van der Waals surface area contributed by atoms with Gasteiger partial charge in [0.25, 0.3) is 0 Å². The third-order valence-corrected chi connectivity index (χ3v) is 6.23. The van der Waals surface area contributed by atoms with E-state index < -0.39 is 0 Å². The largest absolute Gasteiger partial charge is 0.368 e. The average molecular weight is 392 g/mol. The molecule has 0 aliphatic carbocycles. The highest BCUT2D eigenvalue weighted by Crippen LogP contribution is 2.28. The van der Waals surface area contributed by atoms with E-state index in [2.05, 4.69) is 49.9 Å². The Balaban J connectivity index is 1.38. The van der Waals surface area contributed by atoms with Crippen LogP contribution in [0.3, 0.4) is 0 Å². The van der Waals surface area contributed by atoms with Gasteiger partial charge in [0.2, 0.25) is 11.8 Å². The van der Waals surface area contributed by atoms with Crippen LogP contribution < -0.4 is 9.80 Å². The van der Waals surface area contributed by atoms with Gasteiger partial charge in [-0.1, -0.05) is 18.2 Å². The van der Waals surface area contributed by atoms with E-state index in [1.807, 2.05) is 23.1 Å². The molecular formula is C24H29N3O2. The second-order valence-corrected chi connectivity index (χ2v) is 8.33. The highest BCUT2D eigenvalue weighted by molar-refractivity contribution is 6.00. The summed E-state index contributed by atoms with van der Waals surface area (Å²) in [5.74, 6) is -0.0757. The van der Waals surface area contributed by atoms with Gasteiger partial charge in [-0.2, -0.15) is 0 Å². The number of carbonyl (C=O) groups excluding carboxylic acids is 2. The summed E-state index contributed by atoms with van der Waals surface area (Å²) >= 11 is 0. The molecular weight excluding hydrogens is 362 g/mol. The molecule has 5 heteroatoms. The molecule has 0 bridgehead atoms. The predicted octanol–water partition coefficient (Wildman–Crippen LogP) is 3.31. The molecule has 2 aromatic rings. The molecule has 1 atom stereocenters. The third-order valence-electron chi connectivity index (χ3n) is 6.23. The van der Waals surface area contributed by atoms with Gasteiger partial charge in [0.05, 0.1) is 5.92 Å². The molecule has 2 fully saturated rings. The lowest BCUT2D eigenvalue weighted by molar-refractivity contribution is -0.136. The number of benzene rings is 2. The smallest absolute Gasteiger partial charge is 0.228 e. The van der Waals surface area contributed by atoms with E-state index in [0.717, 1.165) is 24.3 Å². The van der Waals surface area contributed by atoms with Gasteiger partial charge in [0.1, 0.15) is 0 Å². The fraction of sp³-hybridized carbons (Fsp3) is 0.417. The lowest BCUT2D eigenvalue weighted by atomic mass is 10.1. The number of piperazine rings is 1. The zero-order valence-electron chi connectivity index (χ0n) is 17.5. The zero-order chi connectivity index (χ0) is 20.5. The van der Waals surface area contributed by atoms with Gasteiger partial charge in [0.15, 0.2) is 0 Å². The van der Waals surface area contributed by atoms with Crippen molar-refractivity contribution in [3.8, 4) is 0 Å². The zero-order valence-corrected chi connectivity index (χ0v) is 17.5. The summed E-state index contributed by atoms with van der Waals surface area (Å²) in [5, 5.41) is 0. The Labute approximate surface area is 172 Å². The first-order valence-electron chi connectivity index (χ1n) is 10.4. The summed E-state index contributed by atoms with van der Waals surface area (Å²) < 4.78 is 0. The second kappa shape index (κ2) is 7.90. The molecule has 2 amide bonds. The van der Waals surface area contributed by atoms with E-state index in [1.54, 1.807) is 4.90 Å². The molecule has 152 valence electrons. The van der Waals surface area contributed by atoms with Gasteiger partial charge in [-0.25, -0.2) is 0 Å². The van der Waals surface area contributed by atoms with E-state index in [-0.39, 0.29) is 17.7 Å². The number of hydrogen-bond donors (Lipinski definition) is 0. The van der Waals surface area contributed by atoms with Crippen molar-refractivity contribution >= 4 is 23.2 Å². The number of anilines is 2. The molecule has 1 unspecified atom stereocenters. The van der Waals surface area contributed by atoms with Crippen molar-refractivity contribution < 1.29 is 9.59 Å². The SMILES string of the molecule is Cc1cccc(N2CCN(C(=O)C3CC(=O)N(c4ccc(C)c(C)c4)C3)CC2)c1. The minimum Gasteiger partial charge on any atom is -0.368 e. The van der Waals surface area contributed by atoms with Crippen molar-refractivity contribution in [2.24, 2.45) is 5.92 Å². The molecule has 0 spiro atoms. The third kappa shape index (κ3) is 4.00. The molecule has 0 aromatic heterocycles. The summed E-state index contributed by atoms with van der Waals surface area (Å²) in [5.41, 5.74) is 5.74. The monoisotopic (exact) mass is 391 g/mol. The van der Waals surface area contributed by atoms with E-state index in [4.69, 9.17) is 0 Å². The van der Waals surface area contributed by atoms with Crippen LogP contribution >= 0.6 is 0 Å². The molecule has 0 radical (unpaired) electrons. The Hall–Kier alpha value is -2.82. The van der Waals surface area contributed by atoms with Crippen molar-refractivity contribution in [3.05, 3.63) is 59.2 Å². The summed E-state index contributed by atoms with van der Waals surface area (Å²) in [6, 6.07) is 14.6. The molecule has 5 nitrogen and oxygen atoms in total. The van der Waals surface area contributed by atoms with Crippen LogP contribution in [0.25, 0.3) is 0 Å². The Morgan fingerprint density at radius 2 is 1.66 bits per heavy atom. The fourth-order valence-electron chi connectivity index (χ4n) is 4.28. The first kappa shape index (κ1) is 19.5. The van der Waals surface area contributed by atoms with Crippen LogP contribution in [0.4, 0.5) is 11.4 Å². The number of hydrogen-bond acceptors (Lipinski definition) is 3. The Bertz CT molecular complexity index is 931. The van der Waals surface area contributed by atoms with E-state index >= 15 is 0 Å². The number of amides is 2. The number of aryl methyl sites for hydroxylation is 3. The van der Waals surface area contributed by atoms with Gasteiger partial charge < -0.3 is 14.7 Å². The number of carbonyl (C=O) groups is 2. The maximum atomic E-state index is 13.1. The standard InChI is InChI=1S/C24H29N3O2/c1-17-5-4-6-21(13-17)25-9-11-26(12-10-25)24(29)20-15-23(28)27(16-20)22-8-7-18(2)19(3)14-22/h4-8,13-14,20H,9-12,15-16H2,1-3H3. The van der Waals surface area contributed by atoms with Crippen LogP contribution in [0, 0.1) is 26.7 Å². The molecule has 0 saturated carbocycles. The van der Waals surface area contributed by atoms with Crippen molar-refractivity contribution in [2.45, 2.75) is 27.2 Å². The molecule has 0 N–H and O–H groups in total. The molecule has 2 aliphatic rings. The summed E-state index contributed by atoms with van der Waals surface area (Å²) in [6.45, 7) is 9.78. The topological polar surface area (TPSA) is 43.9 Å². The average Bonchev–Trinajstić information content (AvgIpc) is 3.11. The number of rotatable bonds is 3. The maximum absolute atomic E-state index is 13.1. The van der Waals surface area contributed by atoms with Crippen molar-refractivity contribution in [1.82, 2.24) is 4.90 Å². The Morgan fingerprint density at radius 1 is 0.897 bits per heavy atom. The van der Waals surface area contributed by atoms with Crippen molar-refractivity contribution in [2.75, 3.05) is 42.5 Å².